The largest absolute Gasteiger partial charge is 0.598 e. The SMILES string of the molecule is CC(CC(C)(C)[S+](N)[O-])c1cc(N)cc(C(F)(F)F)n1. The summed E-state index contributed by atoms with van der Waals surface area (Å²) in [6, 6.07) is 2.19. The van der Waals surface area contributed by atoms with Crippen molar-refractivity contribution in [1.82, 2.24) is 4.98 Å². The maximum absolute atomic E-state index is 12.7. The number of nitrogen functional groups attached to an aromatic ring is 1. The third-order valence-corrected chi connectivity index (χ3v) is 4.26. The molecule has 0 aliphatic rings. The Morgan fingerprint density at radius 3 is 2.35 bits per heavy atom. The minimum absolute atomic E-state index is 0.000789. The molecule has 20 heavy (non-hydrogen) atoms. The molecule has 4 nitrogen and oxygen atoms in total. The fourth-order valence-electron chi connectivity index (χ4n) is 1.90. The maximum atomic E-state index is 12.7. The van der Waals surface area contributed by atoms with Crippen LogP contribution in [-0.2, 0) is 17.5 Å². The molecular formula is C12H18F3N3OS. The lowest BCUT2D eigenvalue weighted by molar-refractivity contribution is -0.141. The molecule has 0 bridgehead atoms. The molecule has 1 aromatic heterocycles. The first-order valence-corrected chi connectivity index (χ1v) is 7.15. The van der Waals surface area contributed by atoms with Crippen LogP contribution in [0, 0.1) is 0 Å². The zero-order chi connectivity index (χ0) is 15.7. The predicted molar refractivity (Wildman–Crippen MR) is 73.1 cm³/mol. The quantitative estimate of drug-likeness (QED) is 0.837. The Bertz CT molecular complexity index is 478. The molecule has 0 aliphatic carbocycles. The summed E-state index contributed by atoms with van der Waals surface area (Å²) in [5.74, 6) is -0.345. The second-order valence-corrected chi connectivity index (χ2v) is 7.07. The van der Waals surface area contributed by atoms with Gasteiger partial charge in [-0.25, -0.2) is 4.98 Å². The minimum Gasteiger partial charge on any atom is -0.598 e. The second kappa shape index (κ2) is 5.79. The predicted octanol–water partition coefficient (Wildman–Crippen LogP) is 2.58. The molecule has 2 atom stereocenters. The Balaban J connectivity index is 3.05. The van der Waals surface area contributed by atoms with E-state index in [0.29, 0.717) is 6.42 Å². The summed E-state index contributed by atoms with van der Waals surface area (Å²) in [6.45, 7) is 5.09. The first-order chi connectivity index (χ1) is 8.93. The van der Waals surface area contributed by atoms with Crippen molar-refractivity contribution in [1.29, 1.82) is 0 Å². The van der Waals surface area contributed by atoms with Gasteiger partial charge in [0.15, 0.2) is 0 Å². The van der Waals surface area contributed by atoms with Gasteiger partial charge in [-0.3, -0.25) is 0 Å². The van der Waals surface area contributed by atoms with E-state index in [1.54, 1.807) is 20.8 Å². The standard InChI is InChI=1S/C12H18F3N3OS/c1-7(6-11(2,3)20(17)19)9-4-8(16)5-10(18-9)12(13,14)15/h4-5,7H,6,17H2,1-3H3,(H2,16,18). The van der Waals surface area contributed by atoms with Crippen molar-refractivity contribution in [3.63, 3.8) is 0 Å². The Labute approximate surface area is 119 Å². The first kappa shape index (κ1) is 17.1. The smallest absolute Gasteiger partial charge is 0.433 e. The number of alkyl halides is 3. The highest BCUT2D eigenvalue weighted by molar-refractivity contribution is 7.90. The first-order valence-electron chi connectivity index (χ1n) is 5.94. The molecule has 4 N–H and O–H groups in total. The second-order valence-electron chi connectivity index (χ2n) is 5.37. The van der Waals surface area contributed by atoms with Gasteiger partial charge < -0.3 is 10.3 Å². The lowest BCUT2D eigenvalue weighted by Crippen LogP contribution is -2.38. The molecule has 0 radical (unpaired) electrons. The van der Waals surface area contributed by atoms with E-state index >= 15 is 0 Å². The molecule has 8 heteroatoms. The Morgan fingerprint density at radius 1 is 1.35 bits per heavy atom. The van der Waals surface area contributed by atoms with Gasteiger partial charge in [-0.2, -0.15) is 18.3 Å². The number of halogens is 3. The molecule has 114 valence electrons. The molecule has 0 saturated carbocycles. The number of aromatic nitrogens is 1. The molecule has 0 saturated heterocycles. The fraction of sp³-hybridized carbons (Fsp3) is 0.583. The maximum Gasteiger partial charge on any atom is 0.433 e. The summed E-state index contributed by atoms with van der Waals surface area (Å²) in [5.41, 5.74) is 4.69. The zero-order valence-corrected chi connectivity index (χ0v) is 12.3. The average Bonchev–Trinajstić information content (AvgIpc) is 2.26. The van der Waals surface area contributed by atoms with Crippen LogP contribution in [0.5, 0.6) is 0 Å². The summed E-state index contributed by atoms with van der Waals surface area (Å²) in [7, 11) is 0. The molecule has 0 spiro atoms. The number of rotatable bonds is 4. The van der Waals surface area contributed by atoms with Crippen LogP contribution >= 0.6 is 0 Å². The van der Waals surface area contributed by atoms with Gasteiger partial charge in [0, 0.05) is 35.1 Å². The number of anilines is 1. The number of nitrogens with zero attached hydrogens (tertiary/aromatic N) is 1. The third-order valence-electron chi connectivity index (χ3n) is 3.01. The average molecular weight is 309 g/mol. The van der Waals surface area contributed by atoms with E-state index < -0.39 is 28.0 Å². The van der Waals surface area contributed by atoms with E-state index in [0.717, 1.165) is 6.07 Å². The van der Waals surface area contributed by atoms with E-state index in [9.17, 15) is 17.7 Å². The van der Waals surface area contributed by atoms with E-state index in [2.05, 4.69) is 4.98 Å². The van der Waals surface area contributed by atoms with Crippen LogP contribution in [0.1, 0.15) is 44.5 Å². The molecule has 2 unspecified atom stereocenters. The monoisotopic (exact) mass is 309 g/mol. The van der Waals surface area contributed by atoms with Crippen LogP contribution in [0.15, 0.2) is 12.1 Å². The van der Waals surface area contributed by atoms with E-state index in [4.69, 9.17) is 10.9 Å². The molecule has 1 rings (SSSR count). The lowest BCUT2D eigenvalue weighted by atomic mass is 9.94. The molecule has 0 aliphatic heterocycles. The summed E-state index contributed by atoms with van der Waals surface area (Å²) in [5, 5.41) is 5.37. The van der Waals surface area contributed by atoms with Crippen molar-refractivity contribution in [3.05, 3.63) is 23.5 Å². The Hall–Kier alpha value is -0.990. The highest BCUT2D eigenvalue weighted by Crippen LogP contribution is 2.33. The van der Waals surface area contributed by atoms with Crippen LogP contribution in [0.2, 0.25) is 0 Å². The van der Waals surface area contributed by atoms with Gasteiger partial charge in [0.05, 0.1) is 0 Å². The summed E-state index contributed by atoms with van der Waals surface area (Å²) in [6.07, 6.45) is -4.21. The van der Waals surface area contributed by atoms with Crippen molar-refractivity contribution in [2.24, 2.45) is 5.14 Å². The summed E-state index contributed by atoms with van der Waals surface area (Å²) < 4.78 is 48.7. The van der Waals surface area contributed by atoms with Crippen molar-refractivity contribution >= 4 is 17.0 Å². The minimum atomic E-state index is -4.55. The van der Waals surface area contributed by atoms with Crippen molar-refractivity contribution in [3.8, 4) is 0 Å². The van der Waals surface area contributed by atoms with Gasteiger partial charge in [-0.15, -0.1) is 0 Å². The van der Waals surface area contributed by atoms with Gasteiger partial charge in [-0.05, 0) is 26.0 Å². The van der Waals surface area contributed by atoms with Crippen LogP contribution in [0.3, 0.4) is 0 Å². The van der Waals surface area contributed by atoms with Gasteiger partial charge in [-0.1, -0.05) is 6.92 Å². The molecule has 0 aromatic carbocycles. The fourth-order valence-corrected chi connectivity index (χ4v) is 2.31. The lowest BCUT2D eigenvalue weighted by Gasteiger charge is -2.27. The normalized spacial score (nSPS) is 16.0. The van der Waals surface area contributed by atoms with Crippen LogP contribution < -0.4 is 10.9 Å². The van der Waals surface area contributed by atoms with Crippen molar-refractivity contribution in [2.45, 2.75) is 44.0 Å². The van der Waals surface area contributed by atoms with Crippen LogP contribution in [0.25, 0.3) is 0 Å². The van der Waals surface area contributed by atoms with Gasteiger partial charge in [0.25, 0.3) is 0 Å². The van der Waals surface area contributed by atoms with Crippen molar-refractivity contribution in [2.75, 3.05) is 5.73 Å². The highest BCUT2D eigenvalue weighted by atomic mass is 32.2. The molecule has 1 heterocycles. The number of nitrogens with two attached hydrogens (primary N) is 2. The molecule has 1 aromatic rings. The van der Waals surface area contributed by atoms with Crippen LogP contribution in [-0.4, -0.2) is 14.3 Å². The molecular weight excluding hydrogens is 291 g/mol. The third kappa shape index (κ3) is 4.26. The van der Waals surface area contributed by atoms with E-state index in [-0.39, 0.29) is 17.3 Å². The summed E-state index contributed by atoms with van der Waals surface area (Å²) in [4.78, 5) is 3.60. The number of hydrogen-bond acceptors (Lipinski definition) is 4. The molecule has 0 fully saturated rings. The van der Waals surface area contributed by atoms with Gasteiger partial charge in [0.2, 0.25) is 0 Å². The van der Waals surface area contributed by atoms with E-state index in [1.165, 1.54) is 6.07 Å². The van der Waals surface area contributed by atoms with Crippen molar-refractivity contribution < 1.29 is 17.7 Å². The highest BCUT2D eigenvalue weighted by Gasteiger charge is 2.35. The topological polar surface area (TPSA) is 88.0 Å². The number of pyridine rings is 1. The molecule has 0 amide bonds. The Morgan fingerprint density at radius 2 is 1.90 bits per heavy atom. The van der Waals surface area contributed by atoms with Crippen LogP contribution in [0.4, 0.5) is 18.9 Å². The Kier molecular flexibility index (Phi) is 4.94. The van der Waals surface area contributed by atoms with Gasteiger partial charge in [0.1, 0.15) is 10.4 Å². The van der Waals surface area contributed by atoms with Gasteiger partial charge >= 0.3 is 6.18 Å². The number of hydrogen-bond donors (Lipinski definition) is 2. The zero-order valence-electron chi connectivity index (χ0n) is 11.5. The van der Waals surface area contributed by atoms with E-state index in [1.807, 2.05) is 0 Å². The summed E-state index contributed by atoms with van der Waals surface area (Å²) >= 11 is -1.58.